The number of fused-ring (bicyclic) bond motifs is 1. The smallest absolute Gasteiger partial charge is 0.226 e. The lowest BCUT2D eigenvalue weighted by Gasteiger charge is -2.39. The van der Waals surface area contributed by atoms with Crippen molar-refractivity contribution < 1.29 is 4.39 Å². The van der Waals surface area contributed by atoms with E-state index in [9.17, 15) is 4.39 Å². The Morgan fingerprint density at radius 3 is 2.56 bits per heavy atom. The van der Waals surface area contributed by atoms with E-state index in [1.54, 1.807) is 13.0 Å². The Morgan fingerprint density at radius 2 is 1.81 bits per heavy atom. The molecule has 5 heteroatoms. The Hall–Kier alpha value is -2.01. The average Bonchev–Trinajstić information content (AvgIpc) is 2.89. The Kier molecular flexibility index (Phi) is 5.13. The van der Waals surface area contributed by atoms with Crippen LogP contribution < -0.4 is 10.2 Å². The van der Waals surface area contributed by atoms with Gasteiger partial charge >= 0.3 is 0 Å². The minimum Gasteiger partial charge on any atom is -0.335 e. The lowest BCUT2D eigenvalue weighted by atomic mass is 9.97. The van der Waals surface area contributed by atoms with Crippen LogP contribution in [0.5, 0.6) is 0 Å². The fourth-order valence-electron chi connectivity index (χ4n) is 4.44. The summed E-state index contributed by atoms with van der Waals surface area (Å²) in [7, 11) is 0. The number of nitrogens with one attached hydrogen (secondary N) is 1. The van der Waals surface area contributed by atoms with E-state index in [4.69, 9.17) is 9.97 Å². The lowest BCUT2D eigenvalue weighted by Crippen LogP contribution is -2.45. The van der Waals surface area contributed by atoms with E-state index in [0.29, 0.717) is 17.6 Å². The number of hydrogen-bond donors (Lipinski definition) is 1. The van der Waals surface area contributed by atoms with Crippen molar-refractivity contribution in [3.63, 3.8) is 0 Å². The predicted octanol–water partition coefficient (Wildman–Crippen LogP) is 4.05. The first-order valence-corrected chi connectivity index (χ1v) is 10.2. The number of aromatic nitrogens is 2. The highest BCUT2D eigenvalue weighted by atomic mass is 19.1. The van der Waals surface area contributed by atoms with Crippen LogP contribution in [0.3, 0.4) is 0 Å². The third-order valence-electron chi connectivity index (χ3n) is 6.04. The summed E-state index contributed by atoms with van der Waals surface area (Å²) in [5.74, 6) is 0.638. The normalized spacial score (nSPS) is 23.0. The van der Waals surface area contributed by atoms with Gasteiger partial charge in [-0.15, -0.1) is 0 Å². The van der Waals surface area contributed by atoms with E-state index in [-0.39, 0.29) is 5.82 Å². The number of nitrogens with zero attached hydrogens (tertiary/aromatic N) is 3. The first-order chi connectivity index (χ1) is 13.0. The molecule has 1 aromatic heterocycles. The summed E-state index contributed by atoms with van der Waals surface area (Å²) >= 11 is 0. The second-order valence-electron chi connectivity index (χ2n) is 8.05. The molecule has 0 aliphatic carbocycles. The molecule has 0 amide bonds. The highest BCUT2D eigenvalue weighted by Gasteiger charge is 2.29. The van der Waals surface area contributed by atoms with Crippen LogP contribution in [0.25, 0.3) is 11.3 Å². The Labute approximate surface area is 161 Å². The van der Waals surface area contributed by atoms with E-state index in [0.717, 1.165) is 48.8 Å². The van der Waals surface area contributed by atoms with Crippen molar-refractivity contribution in [2.24, 2.45) is 0 Å². The molecule has 4 nitrogen and oxygen atoms in total. The summed E-state index contributed by atoms with van der Waals surface area (Å²) in [6.45, 7) is 8.16. The summed E-state index contributed by atoms with van der Waals surface area (Å²) in [4.78, 5) is 12.4. The Balaban J connectivity index is 1.86. The predicted molar refractivity (Wildman–Crippen MR) is 108 cm³/mol. The summed E-state index contributed by atoms with van der Waals surface area (Å²) in [6.07, 6.45) is 5.36. The monoisotopic (exact) mass is 368 g/mol. The highest BCUT2D eigenvalue weighted by Crippen LogP contribution is 2.32. The van der Waals surface area contributed by atoms with Crippen molar-refractivity contribution in [2.75, 3.05) is 18.0 Å². The summed E-state index contributed by atoms with van der Waals surface area (Å²) in [5.41, 5.74) is 4.72. The maximum absolute atomic E-state index is 14.3. The first-order valence-electron chi connectivity index (χ1n) is 10.2. The largest absolute Gasteiger partial charge is 0.335 e. The topological polar surface area (TPSA) is 41.1 Å². The van der Waals surface area contributed by atoms with Crippen LogP contribution in [0, 0.1) is 12.7 Å². The van der Waals surface area contributed by atoms with Crippen LogP contribution >= 0.6 is 0 Å². The van der Waals surface area contributed by atoms with E-state index < -0.39 is 0 Å². The first kappa shape index (κ1) is 18.4. The zero-order chi connectivity index (χ0) is 19.0. The van der Waals surface area contributed by atoms with Gasteiger partial charge < -0.3 is 10.2 Å². The molecule has 0 saturated carbocycles. The molecule has 2 aliphatic rings. The van der Waals surface area contributed by atoms with Gasteiger partial charge in [-0.3, -0.25) is 0 Å². The summed E-state index contributed by atoms with van der Waals surface area (Å²) in [6, 6.07) is 6.33. The van der Waals surface area contributed by atoms with Gasteiger partial charge in [-0.2, -0.15) is 0 Å². The molecule has 1 saturated heterocycles. The van der Waals surface area contributed by atoms with Crippen LogP contribution in [0.1, 0.15) is 49.9 Å². The second-order valence-corrected chi connectivity index (χ2v) is 8.05. The molecule has 4 rings (SSSR count). The molecule has 2 aliphatic heterocycles. The number of halogens is 1. The molecule has 2 atom stereocenters. The molecule has 1 N–H and O–H groups in total. The minimum atomic E-state index is -0.173. The molecule has 2 aromatic rings. The van der Waals surface area contributed by atoms with Gasteiger partial charge in [-0.05, 0) is 64.6 Å². The summed E-state index contributed by atoms with van der Waals surface area (Å²) < 4.78 is 14.3. The van der Waals surface area contributed by atoms with Crippen LogP contribution in [-0.2, 0) is 12.8 Å². The van der Waals surface area contributed by atoms with Crippen LogP contribution in [0.2, 0.25) is 0 Å². The fourth-order valence-corrected chi connectivity index (χ4v) is 4.44. The highest BCUT2D eigenvalue weighted by molar-refractivity contribution is 5.66. The molecule has 144 valence electrons. The standard InChI is InChI=1S/C22H29FN4/c1-14-7-8-17(13-19(14)23)21-18-9-11-24-12-10-20(18)25-22(26-21)27-15(2)5-4-6-16(27)3/h7-8,13,15-16,24H,4-6,9-12H2,1-3H3/t15-,16+. The number of hydrogen-bond acceptors (Lipinski definition) is 4. The molecule has 27 heavy (non-hydrogen) atoms. The molecule has 0 radical (unpaired) electrons. The molecule has 0 unspecified atom stereocenters. The molecule has 1 fully saturated rings. The van der Waals surface area contributed by atoms with E-state index >= 15 is 0 Å². The van der Waals surface area contributed by atoms with Gasteiger partial charge in [-0.25, -0.2) is 14.4 Å². The van der Waals surface area contributed by atoms with Gasteiger partial charge in [0.25, 0.3) is 0 Å². The van der Waals surface area contributed by atoms with Gasteiger partial charge in [0.2, 0.25) is 5.95 Å². The zero-order valence-corrected chi connectivity index (χ0v) is 16.6. The van der Waals surface area contributed by atoms with E-state index in [1.165, 1.54) is 24.8 Å². The van der Waals surface area contributed by atoms with Crippen LogP contribution in [0.15, 0.2) is 18.2 Å². The molecule has 0 bridgehead atoms. The molecule has 0 spiro atoms. The quantitative estimate of drug-likeness (QED) is 0.868. The SMILES string of the molecule is Cc1ccc(-c2nc(N3[C@H](C)CCC[C@@H]3C)nc3c2CCNCC3)cc1F. The van der Waals surface area contributed by atoms with Crippen molar-refractivity contribution in [3.05, 3.63) is 40.8 Å². The van der Waals surface area contributed by atoms with E-state index in [1.807, 2.05) is 12.1 Å². The minimum absolute atomic E-state index is 0.173. The van der Waals surface area contributed by atoms with Crippen molar-refractivity contribution in [1.29, 1.82) is 0 Å². The lowest BCUT2D eigenvalue weighted by molar-refractivity contribution is 0.407. The maximum atomic E-state index is 14.3. The van der Waals surface area contributed by atoms with Crippen molar-refractivity contribution in [3.8, 4) is 11.3 Å². The van der Waals surface area contributed by atoms with Crippen molar-refractivity contribution in [1.82, 2.24) is 15.3 Å². The Morgan fingerprint density at radius 1 is 1.07 bits per heavy atom. The fraction of sp³-hybridized carbons (Fsp3) is 0.545. The van der Waals surface area contributed by atoms with Crippen LogP contribution in [0.4, 0.5) is 10.3 Å². The number of benzene rings is 1. The van der Waals surface area contributed by atoms with Gasteiger partial charge in [0.15, 0.2) is 0 Å². The second kappa shape index (κ2) is 7.55. The van der Waals surface area contributed by atoms with Gasteiger partial charge in [0.1, 0.15) is 5.82 Å². The number of piperidine rings is 1. The number of rotatable bonds is 2. The van der Waals surface area contributed by atoms with E-state index in [2.05, 4.69) is 24.1 Å². The van der Waals surface area contributed by atoms with Crippen molar-refractivity contribution >= 4 is 5.95 Å². The third-order valence-corrected chi connectivity index (χ3v) is 6.04. The zero-order valence-electron chi connectivity index (χ0n) is 16.6. The molecular weight excluding hydrogens is 339 g/mol. The van der Waals surface area contributed by atoms with Gasteiger partial charge in [-0.1, -0.05) is 12.1 Å². The molecule has 1 aromatic carbocycles. The molecule has 3 heterocycles. The Bertz CT molecular complexity index is 825. The average molecular weight is 369 g/mol. The number of anilines is 1. The van der Waals surface area contributed by atoms with Crippen molar-refractivity contribution in [2.45, 2.75) is 65.0 Å². The third kappa shape index (κ3) is 3.57. The van der Waals surface area contributed by atoms with Crippen LogP contribution in [-0.4, -0.2) is 35.1 Å². The number of aryl methyl sites for hydroxylation is 1. The molecular formula is C22H29FN4. The van der Waals surface area contributed by atoms with Gasteiger partial charge in [0.05, 0.1) is 11.4 Å². The van der Waals surface area contributed by atoms with Gasteiger partial charge in [0, 0.05) is 36.2 Å². The summed E-state index contributed by atoms with van der Waals surface area (Å²) in [5, 5.41) is 3.45. The maximum Gasteiger partial charge on any atom is 0.226 e.